The minimum atomic E-state index is -3.73. The number of aliphatic hydroxyl groups is 1. The lowest BCUT2D eigenvalue weighted by Gasteiger charge is -2.14. The highest BCUT2D eigenvalue weighted by molar-refractivity contribution is 7.89. The molecule has 3 aromatic carbocycles. The minimum absolute atomic E-state index is 0.00597. The van der Waals surface area contributed by atoms with Crippen LogP contribution in [0.4, 0.5) is 4.39 Å². The fraction of sp³-hybridized carbons (Fsp3) is 0.158. The van der Waals surface area contributed by atoms with Gasteiger partial charge in [0.25, 0.3) is 0 Å². The maximum atomic E-state index is 12.9. The van der Waals surface area contributed by atoms with Gasteiger partial charge in [-0.2, -0.15) is 0 Å². The van der Waals surface area contributed by atoms with Gasteiger partial charge in [0.1, 0.15) is 5.82 Å². The molecule has 6 heteroatoms. The van der Waals surface area contributed by atoms with Gasteiger partial charge < -0.3 is 5.11 Å². The van der Waals surface area contributed by atoms with Gasteiger partial charge >= 0.3 is 0 Å². The molecule has 0 radical (unpaired) electrons. The quantitative estimate of drug-likeness (QED) is 0.709. The Labute approximate surface area is 146 Å². The van der Waals surface area contributed by atoms with E-state index in [9.17, 15) is 17.9 Å². The molecule has 3 rings (SSSR count). The highest BCUT2D eigenvalue weighted by atomic mass is 32.2. The Hall–Kier alpha value is -2.28. The third-order valence-corrected chi connectivity index (χ3v) is 5.49. The molecule has 2 N–H and O–H groups in total. The van der Waals surface area contributed by atoms with Gasteiger partial charge in [-0.1, -0.05) is 42.5 Å². The van der Waals surface area contributed by atoms with Gasteiger partial charge in [-0.25, -0.2) is 17.5 Å². The first-order valence-corrected chi connectivity index (χ1v) is 9.37. The van der Waals surface area contributed by atoms with E-state index in [-0.39, 0.29) is 17.9 Å². The van der Waals surface area contributed by atoms with Gasteiger partial charge in [0.2, 0.25) is 10.0 Å². The van der Waals surface area contributed by atoms with E-state index in [1.807, 2.05) is 42.5 Å². The minimum Gasteiger partial charge on any atom is -0.388 e. The van der Waals surface area contributed by atoms with Crippen LogP contribution in [-0.4, -0.2) is 20.1 Å². The zero-order valence-electron chi connectivity index (χ0n) is 13.4. The molecular weight excluding hydrogens is 341 g/mol. The number of rotatable bonds is 6. The van der Waals surface area contributed by atoms with E-state index in [0.29, 0.717) is 0 Å². The van der Waals surface area contributed by atoms with Crippen LogP contribution >= 0.6 is 0 Å². The Morgan fingerprint density at radius 3 is 2.40 bits per heavy atom. The molecule has 0 heterocycles. The second-order valence-corrected chi connectivity index (χ2v) is 7.49. The Kier molecular flexibility index (Phi) is 5.13. The molecule has 0 saturated carbocycles. The van der Waals surface area contributed by atoms with Crippen LogP contribution in [0.5, 0.6) is 0 Å². The first-order chi connectivity index (χ1) is 12.0. The maximum absolute atomic E-state index is 12.9. The van der Waals surface area contributed by atoms with Crippen LogP contribution in [-0.2, 0) is 10.0 Å². The van der Waals surface area contributed by atoms with Crippen molar-refractivity contribution in [2.24, 2.45) is 0 Å². The van der Waals surface area contributed by atoms with Gasteiger partial charge in [0.15, 0.2) is 0 Å². The molecule has 0 saturated heterocycles. The number of nitrogens with one attached hydrogen (secondary N) is 1. The van der Waals surface area contributed by atoms with E-state index >= 15 is 0 Å². The Balaban J connectivity index is 1.68. The molecule has 1 atom stereocenters. The van der Waals surface area contributed by atoms with Crippen molar-refractivity contribution < 1.29 is 17.9 Å². The predicted octanol–water partition coefficient (Wildman–Crippen LogP) is 3.38. The van der Waals surface area contributed by atoms with Crippen molar-refractivity contribution in [3.05, 3.63) is 78.1 Å². The summed E-state index contributed by atoms with van der Waals surface area (Å²) < 4.78 is 39.7. The number of sulfonamides is 1. The van der Waals surface area contributed by atoms with Crippen LogP contribution in [0.15, 0.2) is 71.6 Å². The normalized spacial score (nSPS) is 13.0. The van der Waals surface area contributed by atoms with Gasteiger partial charge in [-0.3, -0.25) is 0 Å². The molecule has 0 bridgehead atoms. The first kappa shape index (κ1) is 17.5. The van der Waals surface area contributed by atoms with E-state index in [4.69, 9.17) is 0 Å². The fourth-order valence-corrected chi connectivity index (χ4v) is 3.77. The number of aliphatic hydroxyl groups excluding tert-OH is 1. The van der Waals surface area contributed by atoms with Crippen LogP contribution in [0, 0.1) is 5.82 Å². The van der Waals surface area contributed by atoms with Gasteiger partial charge in [-0.05, 0) is 47.0 Å². The SMILES string of the molecule is O=S(=O)(NCCC(O)c1cccc2ccccc12)c1ccc(F)cc1. The van der Waals surface area contributed by atoms with E-state index in [1.165, 1.54) is 12.1 Å². The summed E-state index contributed by atoms with van der Waals surface area (Å²) in [5, 5.41) is 12.4. The summed E-state index contributed by atoms with van der Waals surface area (Å²) >= 11 is 0. The second kappa shape index (κ2) is 7.31. The van der Waals surface area contributed by atoms with Crippen molar-refractivity contribution in [3.8, 4) is 0 Å². The lowest BCUT2D eigenvalue weighted by molar-refractivity contribution is 0.170. The maximum Gasteiger partial charge on any atom is 0.240 e. The molecule has 0 aliphatic carbocycles. The van der Waals surface area contributed by atoms with Crippen LogP contribution in [0.2, 0.25) is 0 Å². The number of halogens is 1. The largest absolute Gasteiger partial charge is 0.388 e. The van der Waals surface area contributed by atoms with Crippen LogP contribution in [0.25, 0.3) is 10.8 Å². The van der Waals surface area contributed by atoms with Crippen molar-refractivity contribution in [1.29, 1.82) is 0 Å². The average Bonchev–Trinajstić information content (AvgIpc) is 2.61. The van der Waals surface area contributed by atoms with Crippen LogP contribution in [0.1, 0.15) is 18.1 Å². The second-order valence-electron chi connectivity index (χ2n) is 5.72. The van der Waals surface area contributed by atoms with Crippen molar-refractivity contribution in [2.45, 2.75) is 17.4 Å². The molecule has 0 aromatic heterocycles. The molecule has 0 amide bonds. The molecule has 0 fully saturated rings. The van der Waals surface area contributed by atoms with Gasteiger partial charge in [-0.15, -0.1) is 0 Å². The fourth-order valence-electron chi connectivity index (χ4n) is 2.72. The van der Waals surface area contributed by atoms with Gasteiger partial charge in [0.05, 0.1) is 11.0 Å². The monoisotopic (exact) mass is 359 g/mol. The molecule has 3 aromatic rings. The number of hydrogen-bond donors (Lipinski definition) is 2. The summed E-state index contributed by atoms with van der Waals surface area (Å²) in [6, 6.07) is 18.0. The molecule has 1 unspecified atom stereocenters. The number of benzene rings is 3. The summed E-state index contributed by atoms with van der Waals surface area (Å²) in [5.41, 5.74) is 0.763. The Morgan fingerprint density at radius 1 is 0.960 bits per heavy atom. The highest BCUT2D eigenvalue weighted by Crippen LogP contribution is 2.26. The summed E-state index contributed by atoms with van der Waals surface area (Å²) in [4.78, 5) is -0.00597. The van der Waals surface area contributed by atoms with Crippen molar-refractivity contribution in [1.82, 2.24) is 4.72 Å². The highest BCUT2D eigenvalue weighted by Gasteiger charge is 2.16. The molecule has 0 aliphatic heterocycles. The smallest absolute Gasteiger partial charge is 0.240 e. The van der Waals surface area contributed by atoms with Crippen molar-refractivity contribution in [3.63, 3.8) is 0 Å². The lowest BCUT2D eigenvalue weighted by Crippen LogP contribution is -2.26. The van der Waals surface area contributed by atoms with Crippen LogP contribution < -0.4 is 4.72 Å². The molecular formula is C19H18FNO3S. The summed E-state index contributed by atoms with van der Waals surface area (Å²) in [6.45, 7) is 0.0735. The summed E-state index contributed by atoms with van der Waals surface area (Å²) in [6.07, 6.45) is -0.559. The van der Waals surface area contributed by atoms with Crippen LogP contribution in [0.3, 0.4) is 0 Å². The first-order valence-electron chi connectivity index (χ1n) is 7.88. The molecule has 130 valence electrons. The average molecular weight is 359 g/mol. The summed E-state index contributed by atoms with van der Waals surface area (Å²) in [5.74, 6) is -0.495. The summed E-state index contributed by atoms with van der Waals surface area (Å²) in [7, 11) is -3.73. The Bertz CT molecular complexity index is 966. The standard InChI is InChI=1S/C19H18FNO3S/c20-15-8-10-16(11-9-15)25(23,24)21-13-12-19(22)18-7-3-5-14-4-1-2-6-17(14)18/h1-11,19,21-22H,12-13H2. The molecule has 0 spiro atoms. The van der Waals surface area contributed by atoms with Crippen molar-refractivity contribution in [2.75, 3.05) is 6.54 Å². The number of fused-ring (bicyclic) bond motifs is 1. The number of hydrogen-bond acceptors (Lipinski definition) is 3. The topological polar surface area (TPSA) is 66.4 Å². The van der Waals surface area contributed by atoms with E-state index < -0.39 is 21.9 Å². The molecule has 0 aliphatic rings. The third kappa shape index (κ3) is 4.04. The van der Waals surface area contributed by atoms with E-state index in [1.54, 1.807) is 0 Å². The van der Waals surface area contributed by atoms with E-state index in [0.717, 1.165) is 28.5 Å². The zero-order chi connectivity index (χ0) is 17.9. The predicted molar refractivity (Wildman–Crippen MR) is 95.1 cm³/mol. The van der Waals surface area contributed by atoms with Crippen molar-refractivity contribution >= 4 is 20.8 Å². The Morgan fingerprint density at radius 2 is 1.64 bits per heavy atom. The molecule has 4 nitrogen and oxygen atoms in total. The molecule has 25 heavy (non-hydrogen) atoms. The van der Waals surface area contributed by atoms with E-state index in [2.05, 4.69) is 4.72 Å². The zero-order valence-corrected chi connectivity index (χ0v) is 14.2. The van der Waals surface area contributed by atoms with Gasteiger partial charge in [0, 0.05) is 6.54 Å². The third-order valence-electron chi connectivity index (χ3n) is 4.02. The lowest BCUT2D eigenvalue weighted by atomic mass is 9.99.